The van der Waals surface area contributed by atoms with Crippen molar-refractivity contribution in [2.45, 2.75) is 57.8 Å². The second kappa shape index (κ2) is 11.9. The quantitative estimate of drug-likeness (QED) is 0.196. The summed E-state index contributed by atoms with van der Waals surface area (Å²) in [4.78, 5) is 54.8. The summed E-state index contributed by atoms with van der Waals surface area (Å²) < 4.78 is 0. The second-order valence-corrected chi connectivity index (χ2v) is 7.07. The molecule has 3 amide bonds. The van der Waals surface area contributed by atoms with Crippen molar-refractivity contribution in [2.24, 2.45) is 11.7 Å². The third-order valence-electron chi connectivity index (χ3n) is 4.68. The maximum absolute atomic E-state index is 12.3. The zero-order valence-corrected chi connectivity index (χ0v) is 17.2. The van der Waals surface area contributed by atoms with Crippen LogP contribution in [-0.4, -0.2) is 74.6 Å². The van der Waals surface area contributed by atoms with Gasteiger partial charge in [0.2, 0.25) is 17.7 Å². The second-order valence-electron chi connectivity index (χ2n) is 7.07. The van der Waals surface area contributed by atoms with Gasteiger partial charge >= 0.3 is 5.97 Å². The van der Waals surface area contributed by atoms with Crippen molar-refractivity contribution in [1.29, 1.82) is 0 Å². The van der Waals surface area contributed by atoms with Crippen LogP contribution in [0.4, 0.5) is 0 Å². The maximum Gasteiger partial charge on any atom is 0.326 e. The first-order chi connectivity index (χ1) is 14.1. The zero-order valence-electron chi connectivity index (χ0n) is 17.2. The first kappa shape index (κ1) is 25.0. The van der Waals surface area contributed by atoms with E-state index in [1.54, 1.807) is 13.8 Å². The van der Waals surface area contributed by atoms with E-state index >= 15 is 0 Å². The van der Waals surface area contributed by atoms with Gasteiger partial charge in [-0.1, -0.05) is 20.3 Å². The predicted octanol–water partition coefficient (Wildman–Crippen LogP) is -2.12. The third-order valence-corrected chi connectivity index (χ3v) is 4.68. The van der Waals surface area contributed by atoms with Crippen molar-refractivity contribution in [3.8, 4) is 0 Å². The summed E-state index contributed by atoms with van der Waals surface area (Å²) in [5, 5.41) is 25.7. The molecule has 8 N–H and O–H groups in total. The van der Waals surface area contributed by atoms with Crippen LogP contribution in [0.5, 0.6) is 0 Å². The number of carboxylic acids is 1. The molecule has 0 aliphatic heterocycles. The lowest BCUT2D eigenvalue weighted by Gasteiger charge is -2.24. The Morgan fingerprint density at radius 1 is 1.13 bits per heavy atom. The largest absolute Gasteiger partial charge is 0.480 e. The van der Waals surface area contributed by atoms with Gasteiger partial charge < -0.3 is 36.9 Å². The molecule has 0 bridgehead atoms. The van der Waals surface area contributed by atoms with E-state index in [0.29, 0.717) is 12.1 Å². The summed E-state index contributed by atoms with van der Waals surface area (Å²) >= 11 is 0. The Morgan fingerprint density at radius 2 is 1.80 bits per heavy atom. The minimum Gasteiger partial charge on any atom is -0.480 e. The Kier molecular flexibility index (Phi) is 9.92. The van der Waals surface area contributed by atoms with Gasteiger partial charge in [0.25, 0.3) is 0 Å². The van der Waals surface area contributed by atoms with Gasteiger partial charge in [0, 0.05) is 18.3 Å². The molecule has 0 spiro atoms. The highest BCUT2D eigenvalue weighted by Crippen LogP contribution is 2.08. The molecular formula is C18H30N6O6. The van der Waals surface area contributed by atoms with Crippen molar-refractivity contribution in [1.82, 2.24) is 25.9 Å². The molecule has 1 rings (SSSR count). The Morgan fingerprint density at radius 3 is 2.30 bits per heavy atom. The first-order valence-corrected chi connectivity index (χ1v) is 9.58. The van der Waals surface area contributed by atoms with Crippen molar-refractivity contribution in [3.63, 3.8) is 0 Å². The van der Waals surface area contributed by atoms with Crippen molar-refractivity contribution < 1.29 is 29.4 Å². The van der Waals surface area contributed by atoms with E-state index < -0.39 is 54.5 Å². The van der Waals surface area contributed by atoms with Gasteiger partial charge in [0.05, 0.1) is 19.0 Å². The molecule has 1 heterocycles. The van der Waals surface area contributed by atoms with E-state index in [1.165, 1.54) is 19.4 Å². The fourth-order valence-corrected chi connectivity index (χ4v) is 2.54. The van der Waals surface area contributed by atoms with E-state index in [-0.39, 0.29) is 12.3 Å². The van der Waals surface area contributed by atoms with Gasteiger partial charge in [-0.3, -0.25) is 14.4 Å². The van der Waals surface area contributed by atoms with Crippen LogP contribution in [-0.2, 0) is 25.6 Å². The Balaban J connectivity index is 2.62. The number of aliphatic carboxylic acids is 1. The summed E-state index contributed by atoms with van der Waals surface area (Å²) in [5.74, 6) is -3.72. The molecule has 168 valence electrons. The molecule has 0 fully saturated rings. The lowest BCUT2D eigenvalue weighted by molar-refractivity contribution is -0.144. The Hall–Kier alpha value is -2.99. The average molecular weight is 426 g/mol. The van der Waals surface area contributed by atoms with Crippen molar-refractivity contribution in [2.75, 3.05) is 6.61 Å². The van der Waals surface area contributed by atoms with Crippen LogP contribution in [0, 0.1) is 5.92 Å². The topological polar surface area (TPSA) is 200 Å². The summed E-state index contributed by atoms with van der Waals surface area (Å²) in [7, 11) is 0. The Bertz CT molecular complexity index is 725. The monoisotopic (exact) mass is 426 g/mol. The fraction of sp³-hybridized carbons (Fsp3) is 0.611. The Labute approximate surface area is 174 Å². The fourth-order valence-electron chi connectivity index (χ4n) is 2.54. The van der Waals surface area contributed by atoms with Crippen LogP contribution < -0.4 is 21.7 Å². The highest BCUT2D eigenvalue weighted by atomic mass is 16.4. The number of H-pyrrole nitrogens is 1. The molecule has 1 aromatic heterocycles. The standard InChI is InChI=1S/C18H30N6O6/c1-4-9(2)14(18(29)30)24-17(28)13(7-25)23-15(26)10(3)22-16(27)12(19)5-11-6-20-8-21-11/h6,8-10,12-14,25H,4-5,7,19H2,1-3H3,(H,20,21)(H,22,27)(H,23,26)(H,24,28)(H,29,30). The highest BCUT2D eigenvalue weighted by molar-refractivity contribution is 5.94. The van der Waals surface area contributed by atoms with Gasteiger partial charge in [0.15, 0.2) is 0 Å². The van der Waals surface area contributed by atoms with Gasteiger partial charge in [-0.15, -0.1) is 0 Å². The van der Waals surface area contributed by atoms with Gasteiger partial charge in [-0.2, -0.15) is 0 Å². The molecule has 30 heavy (non-hydrogen) atoms. The number of carbonyl (C=O) groups is 4. The molecule has 0 radical (unpaired) electrons. The molecular weight excluding hydrogens is 396 g/mol. The summed E-state index contributed by atoms with van der Waals surface area (Å²) in [5.41, 5.74) is 6.46. The smallest absolute Gasteiger partial charge is 0.326 e. The van der Waals surface area contributed by atoms with E-state index in [2.05, 4.69) is 25.9 Å². The number of aromatic amines is 1. The number of carboxylic acid groups (broad SMARTS) is 1. The minimum atomic E-state index is -1.37. The van der Waals surface area contributed by atoms with Crippen LogP contribution in [0.1, 0.15) is 32.9 Å². The number of nitrogens with two attached hydrogens (primary N) is 1. The maximum atomic E-state index is 12.3. The van der Waals surface area contributed by atoms with Gasteiger partial charge in [0.1, 0.15) is 18.1 Å². The highest BCUT2D eigenvalue weighted by Gasteiger charge is 2.30. The predicted molar refractivity (Wildman–Crippen MR) is 106 cm³/mol. The normalized spacial score (nSPS) is 15.9. The molecule has 5 atom stereocenters. The average Bonchev–Trinajstić information content (AvgIpc) is 3.21. The zero-order chi connectivity index (χ0) is 22.8. The molecule has 0 saturated carbocycles. The van der Waals surface area contributed by atoms with E-state index in [9.17, 15) is 29.4 Å². The molecule has 0 aliphatic rings. The SMILES string of the molecule is CCC(C)C(NC(=O)C(CO)NC(=O)C(C)NC(=O)C(N)Cc1cnc[nH]1)C(=O)O. The summed E-state index contributed by atoms with van der Waals surface area (Å²) in [6.45, 7) is 4.08. The number of aliphatic hydroxyl groups is 1. The number of hydrogen-bond donors (Lipinski definition) is 7. The van der Waals surface area contributed by atoms with Crippen LogP contribution in [0.25, 0.3) is 0 Å². The van der Waals surface area contributed by atoms with E-state index in [0.717, 1.165) is 0 Å². The van der Waals surface area contributed by atoms with Crippen LogP contribution >= 0.6 is 0 Å². The number of imidazole rings is 1. The number of aliphatic hydroxyl groups excluding tert-OH is 1. The van der Waals surface area contributed by atoms with Crippen LogP contribution in [0.15, 0.2) is 12.5 Å². The molecule has 5 unspecified atom stereocenters. The molecule has 0 aromatic carbocycles. The number of carbonyl (C=O) groups excluding carboxylic acids is 3. The van der Waals surface area contributed by atoms with E-state index in [1.807, 2.05) is 0 Å². The number of rotatable bonds is 12. The first-order valence-electron chi connectivity index (χ1n) is 9.58. The summed E-state index contributed by atoms with van der Waals surface area (Å²) in [6, 6.07) is -4.51. The number of hydrogen-bond acceptors (Lipinski definition) is 7. The molecule has 1 aromatic rings. The molecule has 12 heteroatoms. The van der Waals surface area contributed by atoms with Gasteiger partial charge in [-0.05, 0) is 12.8 Å². The van der Waals surface area contributed by atoms with Gasteiger partial charge in [-0.25, -0.2) is 9.78 Å². The number of nitrogens with zero attached hydrogens (tertiary/aromatic N) is 1. The molecule has 12 nitrogen and oxygen atoms in total. The molecule has 0 aliphatic carbocycles. The van der Waals surface area contributed by atoms with Crippen molar-refractivity contribution >= 4 is 23.7 Å². The van der Waals surface area contributed by atoms with Crippen LogP contribution in [0.2, 0.25) is 0 Å². The van der Waals surface area contributed by atoms with Crippen molar-refractivity contribution in [3.05, 3.63) is 18.2 Å². The number of aromatic nitrogens is 2. The van der Waals surface area contributed by atoms with E-state index in [4.69, 9.17) is 5.73 Å². The minimum absolute atomic E-state index is 0.189. The lowest BCUT2D eigenvalue weighted by Crippen LogP contribution is -2.58. The number of amides is 3. The third kappa shape index (κ3) is 7.44. The molecule has 0 saturated heterocycles. The van der Waals surface area contributed by atoms with Crippen LogP contribution in [0.3, 0.4) is 0 Å². The lowest BCUT2D eigenvalue weighted by atomic mass is 9.99. The summed E-state index contributed by atoms with van der Waals surface area (Å²) in [6.07, 6.45) is 3.67. The number of nitrogens with one attached hydrogen (secondary N) is 4.